The van der Waals surface area contributed by atoms with Gasteiger partial charge in [0.25, 0.3) is 11.5 Å². The Morgan fingerprint density at radius 3 is 2.71 bits per heavy atom. The van der Waals surface area contributed by atoms with E-state index in [1.54, 1.807) is 55.1 Å². The van der Waals surface area contributed by atoms with Gasteiger partial charge in [0.2, 0.25) is 0 Å². The van der Waals surface area contributed by atoms with E-state index >= 15 is 0 Å². The van der Waals surface area contributed by atoms with Gasteiger partial charge in [-0.3, -0.25) is 19.7 Å². The Morgan fingerprint density at radius 1 is 1.13 bits per heavy atom. The minimum absolute atomic E-state index is 0.0444. The Hall–Kier alpha value is -4.27. The Kier molecular flexibility index (Phi) is 5.57. The predicted molar refractivity (Wildman–Crippen MR) is 115 cm³/mol. The van der Waals surface area contributed by atoms with Crippen molar-refractivity contribution in [1.29, 1.82) is 0 Å². The van der Waals surface area contributed by atoms with Crippen molar-refractivity contribution >= 4 is 11.7 Å². The maximum absolute atomic E-state index is 12.5. The molecule has 4 heterocycles. The molecule has 156 valence electrons. The summed E-state index contributed by atoms with van der Waals surface area (Å²) in [6.07, 6.45) is 8.21. The van der Waals surface area contributed by atoms with Gasteiger partial charge in [-0.05, 0) is 44.2 Å². The Bertz CT molecular complexity index is 1250. The lowest BCUT2D eigenvalue weighted by molar-refractivity contribution is 0.102. The van der Waals surface area contributed by atoms with Crippen LogP contribution >= 0.6 is 0 Å². The Labute approximate surface area is 177 Å². The highest BCUT2D eigenvalue weighted by Crippen LogP contribution is 2.25. The highest BCUT2D eigenvalue weighted by molar-refractivity contribution is 6.03. The van der Waals surface area contributed by atoms with Gasteiger partial charge in [-0.25, -0.2) is 4.98 Å². The number of hydrogen-bond donors (Lipinski definition) is 2. The standard InChI is InChI=1S/C22H20N6O3/c1-14(2)28-9-3-4-18(22(28)30)21(29)27-20-6-5-17(13-24-20)31-16-7-8-23-19(10-16)15-11-25-26-12-15/h3-14H,1-2H3,(H,25,26)(H,24,27,29). The number of aromatic amines is 1. The first kappa shape index (κ1) is 20.0. The zero-order valence-corrected chi connectivity index (χ0v) is 16.9. The predicted octanol–water partition coefficient (Wildman–Crippen LogP) is 3.65. The van der Waals surface area contributed by atoms with Gasteiger partial charge < -0.3 is 14.6 Å². The number of nitrogens with zero attached hydrogens (tertiary/aromatic N) is 4. The molecule has 9 heteroatoms. The van der Waals surface area contributed by atoms with Crippen molar-refractivity contribution in [2.75, 3.05) is 5.32 Å². The lowest BCUT2D eigenvalue weighted by Gasteiger charge is -2.11. The monoisotopic (exact) mass is 416 g/mol. The van der Waals surface area contributed by atoms with Gasteiger partial charge in [-0.15, -0.1) is 0 Å². The smallest absolute Gasteiger partial charge is 0.263 e. The SMILES string of the molecule is CC(C)n1cccc(C(=O)Nc2ccc(Oc3ccnc(-c4cn[nH]c4)c3)cn2)c1=O. The fraction of sp³-hybridized carbons (Fsp3) is 0.136. The number of pyridine rings is 3. The number of anilines is 1. The third kappa shape index (κ3) is 4.50. The average Bonchev–Trinajstić information content (AvgIpc) is 3.30. The molecule has 4 rings (SSSR count). The fourth-order valence-corrected chi connectivity index (χ4v) is 2.95. The van der Waals surface area contributed by atoms with E-state index in [4.69, 9.17) is 4.74 Å². The van der Waals surface area contributed by atoms with Gasteiger partial charge in [0, 0.05) is 36.3 Å². The molecule has 0 spiro atoms. The summed E-state index contributed by atoms with van der Waals surface area (Å²) in [7, 11) is 0. The summed E-state index contributed by atoms with van der Waals surface area (Å²) >= 11 is 0. The van der Waals surface area contributed by atoms with Crippen molar-refractivity contribution in [3.05, 3.63) is 83.3 Å². The van der Waals surface area contributed by atoms with Crippen LogP contribution in [0.15, 0.2) is 72.2 Å². The summed E-state index contributed by atoms with van der Waals surface area (Å²) in [5.41, 5.74) is 1.28. The topological polar surface area (TPSA) is 115 Å². The third-order valence-corrected chi connectivity index (χ3v) is 4.51. The molecule has 0 radical (unpaired) electrons. The first-order valence-electron chi connectivity index (χ1n) is 9.63. The summed E-state index contributed by atoms with van der Waals surface area (Å²) in [6.45, 7) is 3.76. The van der Waals surface area contributed by atoms with E-state index in [1.807, 2.05) is 13.8 Å². The summed E-state index contributed by atoms with van der Waals surface area (Å²) in [5, 5.41) is 9.31. The second kappa shape index (κ2) is 8.62. The molecule has 0 saturated carbocycles. The molecule has 31 heavy (non-hydrogen) atoms. The molecule has 4 aromatic rings. The molecule has 0 aromatic carbocycles. The van der Waals surface area contributed by atoms with Crippen molar-refractivity contribution < 1.29 is 9.53 Å². The minimum atomic E-state index is -0.514. The molecular formula is C22H20N6O3. The maximum Gasteiger partial charge on any atom is 0.263 e. The molecule has 0 atom stereocenters. The van der Waals surface area contributed by atoms with E-state index in [-0.39, 0.29) is 17.2 Å². The maximum atomic E-state index is 12.5. The molecule has 0 aliphatic heterocycles. The Balaban J connectivity index is 1.46. The number of hydrogen-bond acceptors (Lipinski definition) is 6. The van der Waals surface area contributed by atoms with Crippen molar-refractivity contribution in [2.24, 2.45) is 0 Å². The van der Waals surface area contributed by atoms with Crippen LogP contribution in [0.5, 0.6) is 11.5 Å². The summed E-state index contributed by atoms with van der Waals surface area (Å²) in [5.74, 6) is 0.873. The molecule has 0 aliphatic rings. The van der Waals surface area contributed by atoms with Crippen LogP contribution < -0.4 is 15.6 Å². The van der Waals surface area contributed by atoms with Crippen molar-refractivity contribution in [2.45, 2.75) is 19.9 Å². The quantitative estimate of drug-likeness (QED) is 0.496. The lowest BCUT2D eigenvalue weighted by atomic mass is 10.2. The van der Waals surface area contributed by atoms with Crippen LogP contribution in [0.3, 0.4) is 0 Å². The zero-order valence-electron chi connectivity index (χ0n) is 16.9. The van der Waals surface area contributed by atoms with Gasteiger partial charge in [0.05, 0.1) is 18.1 Å². The third-order valence-electron chi connectivity index (χ3n) is 4.51. The molecular weight excluding hydrogens is 396 g/mol. The molecule has 0 bridgehead atoms. The average molecular weight is 416 g/mol. The van der Waals surface area contributed by atoms with Gasteiger partial charge in [0.15, 0.2) is 0 Å². The number of carbonyl (C=O) groups is 1. The van der Waals surface area contributed by atoms with Crippen molar-refractivity contribution in [3.63, 3.8) is 0 Å². The number of ether oxygens (including phenoxy) is 1. The number of nitrogens with one attached hydrogen (secondary N) is 2. The van der Waals surface area contributed by atoms with Crippen LogP contribution in [0.2, 0.25) is 0 Å². The largest absolute Gasteiger partial charge is 0.456 e. The van der Waals surface area contributed by atoms with Crippen molar-refractivity contribution in [1.82, 2.24) is 24.7 Å². The van der Waals surface area contributed by atoms with Gasteiger partial charge in [-0.1, -0.05) is 0 Å². The van der Waals surface area contributed by atoms with E-state index in [1.165, 1.54) is 16.8 Å². The van der Waals surface area contributed by atoms with Crippen LogP contribution in [0.4, 0.5) is 5.82 Å². The second-order valence-electron chi connectivity index (χ2n) is 7.03. The van der Waals surface area contributed by atoms with Crippen LogP contribution in [-0.2, 0) is 0 Å². The summed E-state index contributed by atoms with van der Waals surface area (Å²) in [4.78, 5) is 33.5. The molecule has 0 saturated heterocycles. The number of rotatable bonds is 6. The van der Waals surface area contributed by atoms with Crippen LogP contribution in [0.25, 0.3) is 11.3 Å². The fourth-order valence-electron chi connectivity index (χ4n) is 2.95. The lowest BCUT2D eigenvalue weighted by Crippen LogP contribution is -2.29. The zero-order chi connectivity index (χ0) is 21.8. The van der Waals surface area contributed by atoms with E-state index in [9.17, 15) is 9.59 Å². The van der Waals surface area contributed by atoms with Gasteiger partial charge in [-0.2, -0.15) is 5.10 Å². The van der Waals surface area contributed by atoms with E-state index in [2.05, 4.69) is 25.5 Å². The molecule has 9 nitrogen and oxygen atoms in total. The minimum Gasteiger partial charge on any atom is -0.456 e. The van der Waals surface area contributed by atoms with E-state index in [0.717, 1.165) is 11.3 Å². The normalized spacial score (nSPS) is 10.8. The van der Waals surface area contributed by atoms with Crippen LogP contribution in [-0.4, -0.2) is 30.6 Å². The molecule has 0 aliphatic carbocycles. The number of aromatic nitrogens is 5. The van der Waals surface area contributed by atoms with E-state index in [0.29, 0.717) is 17.3 Å². The first-order valence-corrected chi connectivity index (χ1v) is 9.63. The highest BCUT2D eigenvalue weighted by atomic mass is 16.5. The van der Waals surface area contributed by atoms with Gasteiger partial charge >= 0.3 is 0 Å². The number of carbonyl (C=O) groups excluding carboxylic acids is 1. The van der Waals surface area contributed by atoms with E-state index < -0.39 is 5.91 Å². The number of amides is 1. The molecule has 1 amide bonds. The summed E-state index contributed by atoms with van der Waals surface area (Å²) < 4.78 is 7.33. The van der Waals surface area contributed by atoms with Crippen LogP contribution in [0, 0.1) is 0 Å². The summed E-state index contributed by atoms with van der Waals surface area (Å²) in [6, 6.07) is 9.93. The number of H-pyrrole nitrogens is 1. The highest BCUT2D eigenvalue weighted by Gasteiger charge is 2.14. The molecule has 0 unspecified atom stereocenters. The first-order chi connectivity index (χ1) is 15.0. The molecule has 0 fully saturated rings. The molecule has 4 aromatic heterocycles. The van der Waals surface area contributed by atoms with Gasteiger partial charge in [0.1, 0.15) is 22.9 Å². The molecule has 2 N–H and O–H groups in total. The van der Waals surface area contributed by atoms with Crippen LogP contribution in [0.1, 0.15) is 30.2 Å². The second-order valence-corrected chi connectivity index (χ2v) is 7.03. The Morgan fingerprint density at radius 2 is 2.00 bits per heavy atom. The van der Waals surface area contributed by atoms with Crippen molar-refractivity contribution in [3.8, 4) is 22.8 Å².